The van der Waals surface area contributed by atoms with Gasteiger partial charge in [0.2, 0.25) is 0 Å². The van der Waals surface area contributed by atoms with Crippen molar-refractivity contribution >= 4 is 23.9 Å². The summed E-state index contributed by atoms with van der Waals surface area (Å²) >= 11 is 0. The van der Waals surface area contributed by atoms with Crippen molar-refractivity contribution < 1.29 is 14.3 Å². The minimum absolute atomic E-state index is 0.110. The lowest BCUT2D eigenvalue weighted by atomic mass is 9.87. The fourth-order valence-corrected chi connectivity index (χ4v) is 3.52. The quantitative estimate of drug-likeness (QED) is 0.309. The number of allylic oxidation sites excluding steroid dienone is 2. The van der Waals surface area contributed by atoms with Crippen molar-refractivity contribution in [1.29, 1.82) is 0 Å². The van der Waals surface area contributed by atoms with Crippen molar-refractivity contribution in [3.8, 4) is 5.75 Å². The number of nitrogens with zero attached hydrogens (tertiary/aromatic N) is 1. The fourth-order valence-electron chi connectivity index (χ4n) is 3.52. The zero-order valence-electron chi connectivity index (χ0n) is 17.4. The number of benzene rings is 2. The van der Waals surface area contributed by atoms with E-state index in [9.17, 15) is 9.59 Å². The molecule has 0 saturated heterocycles. The van der Waals surface area contributed by atoms with Crippen molar-refractivity contribution in [1.82, 2.24) is 4.98 Å². The van der Waals surface area contributed by atoms with E-state index in [1.54, 1.807) is 30.5 Å². The summed E-state index contributed by atoms with van der Waals surface area (Å²) in [4.78, 5) is 29.0. The summed E-state index contributed by atoms with van der Waals surface area (Å²) in [6.45, 7) is 2.05. The highest BCUT2D eigenvalue weighted by Crippen LogP contribution is 2.28. The lowest BCUT2D eigenvalue weighted by Gasteiger charge is -2.16. The van der Waals surface area contributed by atoms with Gasteiger partial charge in [0.15, 0.2) is 5.78 Å². The molecule has 2 aromatic carbocycles. The van der Waals surface area contributed by atoms with Crippen LogP contribution in [0.3, 0.4) is 0 Å². The Morgan fingerprint density at radius 3 is 2.10 bits per heavy atom. The van der Waals surface area contributed by atoms with Crippen molar-refractivity contribution in [3.63, 3.8) is 0 Å². The van der Waals surface area contributed by atoms with Crippen LogP contribution in [0.5, 0.6) is 5.75 Å². The van der Waals surface area contributed by atoms with Crippen LogP contribution in [0.15, 0.2) is 84.2 Å². The van der Waals surface area contributed by atoms with Crippen molar-refractivity contribution in [2.45, 2.75) is 26.2 Å². The van der Waals surface area contributed by atoms with Gasteiger partial charge in [-0.1, -0.05) is 42.0 Å². The Labute approximate surface area is 181 Å². The van der Waals surface area contributed by atoms with E-state index in [1.807, 2.05) is 36.4 Å². The molecular weight excluding hydrogens is 386 g/mol. The van der Waals surface area contributed by atoms with E-state index in [0.717, 1.165) is 41.5 Å². The second-order valence-electron chi connectivity index (χ2n) is 7.63. The summed E-state index contributed by atoms with van der Waals surface area (Å²) in [6.07, 6.45) is 9.52. The summed E-state index contributed by atoms with van der Waals surface area (Å²) in [5.74, 6) is 0.109. The molecule has 1 saturated carbocycles. The van der Waals surface area contributed by atoms with Gasteiger partial charge in [0.05, 0.1) is 5.56 Å². The molecule has 0 spiro atoms. The van der Waals surface area contributed by atoms with Crippen LogP contribution in [0.25, 0.3) is 12.2 Å². The average molecular weight is 409 g/mol. The van der Waals surface area contributed by atoms with Gasteiger partial charge in [-0.15, -0.1) is 0 Å². The normalized spacial score (nSPS) is 16.5. The van der Waals surface area contributed by atoms with E-state index >= 15 is 0 Å². The molecule has 0 aliphatic heterocycles. The number of aromatic nitrogens is 1. The van der Waals surface area contributed by atoms with Gasteiger partial charge in [0, 0.05) is 23.5 Å². The number of ketones is 1. The van der Waals surface area contributed by atoms with E-state index in [2.05, 4.69) is 24.0 Å². The molecule has 1 aliphatic rings. The Morgan fingerprint density at radius 1 is 0.903 bits per heavy atom. The van der Waals surface area contributed by atoms with Crippen LogP contribution in [-0.4, -0.2) is 16.7 Å². The molecule has 0 radical (unpaired) electrons. The minimum Gasteiger partial charge on any atom is -0.423 e. The molecule has 1 aliphatic carbocycles. The molecule has 0 amide bonds. The topological polar surface area (TPSA) is 56.3 Å². The van der Waals surface area contributed by atoms with Crippen LogP contribution < -0.4 is 4.74 Å². The zero-order chi connectivity index (χ0) is 21.6. The molecule has 1 fully saturated rings. The predicted molar refractivity (Wildman–Crippen MR) is 122 cm³/mol. The minimum atomic E-state index is -0.451. The first-order valence-corrected chi connectivity index (χ1v) is 10.3. The Kier molecular flexibility index (Phi) is 6.18. The van der Waals surface area contributed by atoms with Crippen LogP contribution in [-0.2, 0) is 4.79 Å². The fraction of sp³-hybridized carbons (Fsp3) is 0.148. The second kappa shape index (κ2) is 9.35. The van der Waals surface area contributed by atoms with E-state index in [4.69, 9.17) is 4.74 Å². The van der Waals surface area contributed by atoms with Gasteiger partial charge in [-0.05, 0) is 73.7 Å². The van der Waals surface area contributed by atoms with Crippen molar-refractivity contribution in [2.24, 2.45) is 0 Å². The van der Waals surface area contributed by atoms with Gasteiger partial charge in [-0.3, -0.25) is 9.78 Å². The van der Waals surface area contributed by atoms with Crippen LogP contribution in [0.4, 0.5) is 0 Å². The molecule has 0 unspecified atom stereocenters. The highest BCUT2D eigenvalue weighted by atomic mass is 16.5. The molecule has 1 aromatic heterocycles. The van der Waals surface area contributed by atoms with E-state index < -0.39 is 5.97 Å². The Morgan fingerprint density at radius 2 is 1.52 bits per heavy atom. The van der Waals surface area contributed by atoms with Crippen molar-refractivity contribution in [3.05, 3.63) is 106 Å². The molecule has 4 heteroatoms. The number of Topliss-reactive ketones (excluding diaryl/α,β-unsaturated/α-hetero) is 1. The predicted octanol–water partition coefficient (Wildman–Crippen LogP) is 5.83. The summed E-state index contributed by atoms with van der Waals surface area (Å²) in [5.41, 5.74) is 5.21. The first-order valence-electron chi connectivity index (χ1n) is 10.3. The molecule has 1 heterocycles. The van der Waals surface area contributed by atoms with Gasteiger partial charge >= 0.3 is 5.97 Å². The van der Waals surface area contributed by atoms with Gasteiger partial charge < -0.3 is 4.74 Å². The molecule has 4 nitrogen and oxygen atoms in total. The Balaban J connectivity index is 1.47. The molecule has 4 rings (SSSR count). The second-order valence-corrected chi connectivity index (χ2v) is 7.63. The summed E-state index contributed by atoms with van der Waals surface area (Å²) in [7, 11) is 0. The summed E-state index contributed by atoms with van der Waals surface area (Å²) < 4.78 is 5.38. The lowest BCUT2D eigenvalue weighted by molar-refractivity contribution is -0.112. The lowest BCUT2D eigenvalue weighted by Crippen LogP contribution is -2.12. The van der Waals surface area contributed by atoms with Crippen LogP contribution in [0, 0.1) is 6.92 Å². The highest BCUT2D eigenvalue weighted by molar-refractivity contribution is 6.13. The zero-order valence-corrected chi connectivity index (χ0v) is 17.4. The van der Waals surface area contributed by atoms with Gasteiger partial charge in [0.1, 0.15) is 5.75 Å². The summed E-state index contributed by atoms with van der Waals surface area (Å²) in [6, 6.07) is 18.7. The molecule has 0 N–H and O–H groups in total. The maximum atomic E-state index is 13.0. The van der Waals surface area contributed by atoms with Crippen LogP contribution in [0.2, 0.25) is 0 Å². The number of hydrogen-bond donors (Lipinski definition) is 0. The van der Waals surface area contributed by atoms with E-state index in [1.165, 1.54) is 11.8 Å². The smallest absolute Gasteiger partial charge is 0.345 e. The molecule has 31 heavy (non-hydrogen) atoms. The number of ether oxygens (including phenoxy) is 1. The standard InChI is InChI=1S/C27H23NO3/c1-19-7-9-20(10-8-19)16-22-4-2-5-23(26(22)29)17-21-11-13-25(14-12-21)31-27(30)24-6-3-15-28-18-24/h3,6-18H,2,4-5H2,1H3/b22-16+,23-17+. The third-order valence-electron chi connectivity index (χ3n) is 5.22. The molecule has 154 valence electrons. The van der Waals surface area contributed by atoms with Crippen LogP contribution in [0.1, 0.15) is 46.3 Å². The summed E-state index contributed by atoms with van der Waals surface area (Å²) in [5, 5.41) is 0. The third kappa shape index (κ3) is 5.23. The first-order chi connectivity index (χ1) is 15.1. The molecule has 3 aromatic rings. The Bertz CT molecular complexity index is 1140. The number of pyridine rings is 1. The van der Waals surface area contributed by atoms with Crippen LogP contribution >= 0.6 is 0 Å². The maximum Gasteiger partial charge on any atom is 0.345 e. The first kappa shape index (κ1) is 20.5. The SMILES string of the molecule is Cc1ccc(/C=C2\CCC/C(=C\c3ccc(OC(=O)c4cccnc4)cc3)C2=O)cc1. The average Bonchev–Trinajstić information content (AvgIpc) is 2.80. The maximum absolute atomic E-state index is 13.0. The van der Waals surface area contributed by atoms with Crippen molar-refractivity contribution in [2.75, 3.05) is 0 Å². The molecule has 0 bridgehead atoms. The number of carbonyl (C=O) groups excluding carboxylic acids is 2. The van der Waals surface area contributed by atoms with Gasteiger partial charge in [0.25, 0.3) is 0 Å². The highest BCUT2D eigenvalue weighted by Gasteiger charge is 2.20. The molecule has 0 atom stereocenters. The van der Waals surface area contributed by atoms with E-state index in [0.29, 0.717) is 11.3 Å². The number of hydrogen-bond acceptors (Lipinski definition) is 4. The largest absolute Gasteiger partial charge is 0.423 e. The number of esters is 1. The van der Waals surface area contributed by atoms with Gasteiger partial charge in [-0.25, -0.2) is 4.79 Å². The monoisotopic (exact) mass is 409 g/mol. The number of aryl methyl sites for hydroxylation is 1. The third-order valence-corrected chi connectivity index (χ3v) is 5.22. The van der Waals surface area contributed by atoms with Gasteiger partial charge in [-0.2, -0.15) is 0 Å². The Hall–Kier alpha value is -3.79. The van der Waals surface area contributed by atoms with E-state index in [-0.39, 0.29) is 5.78 Å². The number of carbonyl (C=O) groups is 2. The molecular formula is C27H23NO3. The number of rotatable bonds is 4.